The summed E-state index contributed by atoms with van der Waals surface area (Å²) in [4.78, 5) is 54.0. The van der Waals surface area contributed by atoms with E-state index >= 15 is 0 Å². The second kappa shape index (κ2) is 7.45. The van der Waals surface area contributed by atoms with E-state index in [0.29, 0.717) is 5.69 Å². The molecule has 1 aromatic carbocycles. The van der Waals surface area contributed by atoms with Gasteiger partial charge in [-0.1, -0.05) is 6.07 Å². The molecule has 0 aromatic heterocycles. The Morgan fingerprint density at radius 3 is 2.10 bits per heavy atom. The largest absolute Gasteiger partial charge is 0.301 e. The van der Waals surface area contributed by atoms with Crippen LogP contribution < -0.4 is 10.2 Å². The molecule has 150 valence electrons. The Balaban J connectivity index is 2.02. The number of thiocarbonyl (C=S) groups is 2. The van der Waals surface area contributed by atoms with Crippen LogP contribution in [0.25, 0.3) is 0 Å². The van der Waals surface area contributed by atoms with Gasteiger partial charge in [0.2, 0.25) is 11.8 Å². The highest BCUT2D eigenvalue weighted by atomic mass is 32.1. The zero-order valence-corrected chi connectivity index (χ0v) is 17.8. The topological polar surface area (TPSA) is 90.0 Å². The fourth-order valence-corrected chi connectivity index (χ4v) is 3.47. The van der Waals surface area contributed by atoms with E-state index in [-0.39, 0.29) is 15.8 Å². The van der Waals surface area contributed by atoms with E-state index in [1.165, 1.54) is 19.0 Å². The second-order valence-electron chi connectivity index (χ2n) is 6.81. The standard InChI is InChI=1S/C19H18N4O4S2/c1-9-5-6-11(7-10(9)2)23-17(27)12(14(24)20-18(23)28)8-13-15(25)21(3)19(29)22(4)16(13)26/h5-8,12H,1-4H3,(H,20,24,28)/t12-/m1/s1. The lowest BCUT2D eigenvalue weighted by molar-refractivity contribution is -0.132. The van der Waals surface area contributed by atoms with Crippen LogP contribution in [0.15, 0.2) is 29.8 Å². The molecular formula is C19H18N4O4S2. The highest BCUT2D eigenvalue weighted by Gasteiger charge is 2.42. The fraction of sp³-hybridized carbons (Fsp3) is 0.263. The van der Waals surface area contributed by atoms with Crippen LogP contribution in [-0.2, 0) is 19.2 Å². The average molecular weight is 431 g/mol. The molecule has 2 saturated heterocycles. The van der Waals surface area contributed by atoms with Crippen molar-refractivity contribution in [2.45, 2.75) is 13.8 Å². The first-order valence-electron chi connectivity index (χ1n) is 8.62. The van der Waals surface area contributed by atoms with Gasteiger partial charge in [-0.15, -0.1) is 0 Å². The number of rotatable bonds is 2. The average Bonchev–Trinajstić information content (AvgIpc) is 2.66. The number of amides is 4. The monoisotopic (exact) mass is 430 g/mol. The lowest BCUT2D eigenvalue weighted by Gasteiger charge is -2.34. The molecule has 10 heteroatoms. The number of likely N-dealkylation sites (N-methyl/N-ethyl adjacent to an activating group) is 2. The molecule has 4 amide bonds. The van der Waals surface area contributed by atoms with Crippen molar-refractivity contribution in [1.29, 1.82) is 0 Å². The fourth-order valence-electron chi connectivity index (χ4n) is 3.01. The van der Waals surface area contributed by atoms with Crippen molar-refractivity contribution in [2.75, 3.05) is 19.0 Å². The number of aryl methyl sites for hydroxylation is 2. The molecule has 0 bridgehead atoms. The maximum absolute atomic E-state index is 13.1. The van der Waals surface area contributed by atoms with Crippen LogP contribution in [0.2, 0.25) is 0 Å². The van der Waals surface area contributed by atoms with Gasteiger partial charge in [0.1, 0.15) is 11.5 Å². The molecule has 0 spiro atoms. The van der Waals surface area contributed by atoms with Gasteiger partial charge in [-0.3, -0.25) is 33.9 Å². The second-order valence-corrected chi connectivity index (χ2v) is 7.56. The number of anilines is 1. The Labute approximate surface area is 178 Å². The van der Waals surface area contributed by atoms with Crippen LogP contribution in [0.3, 0.4) is 0 Å². The minimum Gasteiger partial charge on any atom is -0.301 e. The molecular weight excluding hydrogens is 412 g/mol. The lowest BCUT2D eigenvalue weighted by Crippen LogP contribution is -2.58. The number of carbonyl (C=O) groups is 4. The quantitative estimate of drug-likeness (QED) is 0.323. The van der Waals surface area contributed by atoms with Crippen molar-refractivity contribution in [3.63, 3.8) is 0 Å². The molecule has 2 aliphatic rings. The molecule has 0 radical (unpaired) electrons. The van der Waals surface area contributed by atoms with Crippen molar-refractivity contribution in [1.82, 2.24) is 15.1 Å². The normalized spacial score (nSPS) is 20.5. The summed E-state index contributed by atoms with van der Waals surface area (Å²) in [7, 11) is 2.83. The molecule has 0 unspecified atom stereocenters. The van der Waals surface area contributed by atoms with E-state index in [4.69, 9.17) is 24.4 Å². The molecule has 3 rings (SSSR count). The Hall–Kier alpha value is -2.98. The zero-order chi connectivity index (χ0) is 21.6. The van der Waals surface area contributed by atoms with Crippen LogP contribution in [0.1, 0.15) is 11.1 Å². The third-order valence-electron chi connectivity index (χ3n) is 4.93. The maximum Gasteiger partial charge on any atom is 0.265 e. The molecule has 1 atom stereocenters. The summed E-state index contributed by atoms with van der Waals surface area (Å²) in [6, 6.07) is 5.33. The van der Waals surface area contributed by atoms with E-state index in [1.807, 2.05) is 19.9 Å². The minimum absolute atomic E-state index is 0.0366. The summed E-state index contributed by atoms with van der Waals surface area (Å²) in [5, 5.41) is 2.45. The number of hydrogen-bond acceptors (Lipinski definition) is 6. The van der Waals surface area contributed by atoms with E-state index < -0.39 is 29.5 Å². The Bertz CT molecular complexity index is 1010. The first-order valence-corrected chi connectivity index (χ1v) is 9.44. The molecule has 0 saturated carbocycles. The highest BCUT2D eigenvalue weighted by Crippen LogP contribution is 2.25. The first kappa shape index (κ1) is 20.7. The van der Waals surface area contributed by atoms with Gasteiger partial charge < -0.3 is 5.32 Å². The number of nitrogens with zero attached hydrogens (tertiary/aromatic N) is 3. The summed E-state index contributed by atoms with van der Waals surface area (Å²) in [6.07, 6.45) is 1.08. The first-order chi connectivity index (χ1) is 13.5. The van der Waals surface area contributed by atoms with Gasteiger partial charge in [-0.25, -0.2) is 0 Å². The number of carbonyl (C=O) groups excluding carboxylic acids is 4. The van der Waals surface area contributed by atoms with Gasteiger partial charge in [-0.05, 0) is 67.6 Å². The molecule has 2 heterocycles. The molecule has 0 aliphatic carbocycles. The molecule has 29 heavy (non-hydrogen) atoms. The van der Waals surface area contributed by atoms with E-state index in [9.17, 15) is 19.2 Å². The SMILES string of the molecule is Cc1ccc(N2C(=O)[C@H](C=C3C(=O)N(C)C(=S)N(C)C3=O)C(=O)NC2=S)cc1C. The van der Waals surface area contributed by atoms with Gasteiger partial charge in [-0.2, -0.15) is 0 Å². The molecule has 2 fully saturated rings. The number of benzene rings is 1. The van der Waals surface area contributed by atoms with E-state index in [1.54, 1.807) is 12.1 Å². The van der Waals surface area contributed by atoms with Crippen molar-refractivity contribution in [3.8, 4) is 0 Å². The Morgan fingerprint density at radius 2 is 1.55 bits per heavy atom. The van der Waals surface area contributed by atoms with Gasteiger partial charge in [0.15, 0.2) is 10.2 Å². The summed E-state index contributed by atoms with van der Waals surface area (Å²) in [6.45, 7) is 3.82. The van der Waals surface area contributed by atoms with Gasteiger partial charge >= 0.3 is 0 Å². The lowest BCUT2D eigenvalue weighted by atomic mass is 9.98. The summed E-state index contributed by atoms with van der Waals surface area (Å²) in [5.74, 6) is -4.09. The van der Waals surface area contributed by atoms with Gasteiger partial charge in [0.25, 0.3) is 11.8 Å². The van der Waals surface area contributed by atoms with Crippen molar-refractivity contribution < 1.29 is 19.2 Å². The van der Waals surface area contributed by atoms with Crippen LogP contribution in [0.4, 0.5) is 5.69 Å². The molecule has 2 aliphatic heterocycles. The van der Waals surface area contributed by atoms with Crippen molar-refractivity contribution in [2.24, 2.45) is 5.92 Å². The molecule has 1 N–H and O–H groups in total. The summed E-state index contributed by atoms with van der Waals surface area (Å²) in [5.41, 5.74) is 2.17. The van der Waals surface area contributed by atoms with Crippen molar-refractivity contribution >= 4 is 64.0 Å². The van der Waals surface area contributed by atoms with Crippen LogP contribution in [-0.4, -0.2) is 57.7 Å². The van der Waals surface area contributed by atoms with E-state index in [2.05, 4.69) is 5.32 Å². The van der Waals surface area contributed by atoms with Crippen LogP contribution in [0.5, 0.6) is 0 Å². The van der Waals surface area contributed by atoms with Crippen LogP contribution >= 0.6 is 24.4 Å². The smallest absolute Gasteiger partial charge is 0.265 e. The third-order valence-corrected chi connectivity index (χ3v) is 5.76. The summed E-state index contributed by atoms with van der Waals surface area (Å²) < 4.78 is 0. The molecule has 1 aromatic rings. The van der Waals surface area contributed by atoms with Crippen molar-refractivity contribution in [3.05, 3.63) is 41.0 Å². The predicted octanol–water partition coefficient (Wildman–Crippen LogP) is 0.809. The van der Waals surface area contributed by atoms with Crippen LogP contribution in [0, 0.1) is 19.8 Å². The minimum atomic E-state index is -1.39. The maximum atomic E-state index is 13.1. The highest BCUT2D eigenvalue weighted by molar-refractivity contribution is 7.80. The Kier molecular flexibility index (Phi) is 5.33. The van der Waals surface area contributed by atoms with Gasteiger partial charge in [0, 0.05) is 14.1 Å². The number of hydrogen-bond donors (Lipinski definition) is 1. The number of nitrogens with one attached hydrogen (secondary N) is 1. The Morgan fingerprint density at radius 1 is 0.966 bits per heavy atom. The zero-order valence-electron chi connectivity index (χ0n) is 16.2. The predicted molar refractivity (Wildman–Crippen MR) is 114 cm³/mol. The third kappa shape index (κ3) is 3.45. The van der Waals surface area contributed by atoms with Gasteiger partial charge in [0.05, 0.1) is 5.69 Å². The molecule has 8 nitrogen and oxygen atoms in total. The van der Waals surface area contributed by atoms with E-state index in [0.717, 1.165) is 27.0 Å². The summed E-state index contributed by atoms with van der Waals surface area (Å²) >= 11 is 10.2.